The van der Waals surface area contributed by atoms with Gasteiger partial charge >= 0.3 is 12.4 Å². The summed E-state index contributed by atoms with van der Waals surface area (Å²) in [6.45, 7) is 2.15. The molecule has 0 saturated carbocycles. The minimum Gasteiger partial charge on any atom is -0.455 e. The summed E-state index contributed by atoms with van der Waals surface area (Å²) in [5.41, 5.74) is 0. The van der Waals surface area contributed by atoms with Crippen molar-refractivity contribution in [3.05, 3.63) is 0 Å². The first kappa shape index (κ1) is 9.38. The van der Waals surface area contributed by atoms with Gasteiger partial charge in [0.1, 0.15) is 6.10 Å². The normalized spacial score (nSPS) is 29.3. The average Bonchev–Trinajstić information content (AvgIpc) is 2.36. The molecule has 1 fully saturated rings. The molecule has 3 nitrogen and oxygen atoms in total. The molecule has 0 N–H and O–H groups in total. The molecule has 0 aromatic heterocycles. The molecule has 2 unspecified atom stereocenters. The number of alkyl halides is 2. The van der Waals surface area contributed by atoms with Crippen molar-refractivity contribution in [3.63, 3.8) is 0 Å². The molecule has 1 heterocycles. The maximum absolute atomic E-state index is 11.7. The summed E-state index contributed by atoms with van der Waals surface area (Å²) in [7, 11) is 0. The van der Waals surface area contributed by atoms with Crippen molar-refractivity contribution in [1.29, 1.82) is 0 Å². The summed E-state index contributed by atoms with van der Waals surface area (Å²) in [5, 5.41) is 0. The Bertz CT molecular complexity index is 172. The van der Waals surface area contributed by atoms with E-state index in [9.17, 15) is 13.6 Å². The fourth-order valence-corrected chi connectivity index (χ4v) is 1.07. The van der Waals surface area contributed by atoms with Crippen LogP contribution in [0.1, 0.15) is 13.3 Å². The molecule has 5 heteroatoms. The molecule has 70 valence electrons. The average molecular weight is 180 g/mol. The lowest BCUT2D eigenvalue weighted by atomic mass is 10.2. The third-order valence-corrected chi connectivity index (χ3v) is 1.75. The van der Waals surface area contributed by atoms with E-state index in [0.717, 1.165) is 0 Å². The Morgan fingerprint density at radius 3 is 2.75 bits per heavy atom. The van der Waals surface area contributed by atoms with Gasteiger partial charge in [0.05, 0.1) is 12.7 Å². The molecule has 1 saturated heterocycles. The minimum absolute atomic E-state index is 0.271. The van der Waals surface area contributed by atoms with Crippen LogP contribution in [0.15, 0.2) is 0 Å². The van der Waals surface area contributed by atoms with Gasteiger partial charge in [0.15, 0.2) is 0 Å². The molecular formula is C7H10F2O3. The van der Waals surface area contributed by atoms with Gasteiger partial charge in [-0.2, -0.15) is 8.78 Å². The van der Waals surface area contributed by atoms with Crippen LogP contribution in [0.25, 0.3) is 0 Å². The van der Waals surface area contributed by atoms with Crippen LogP contribution in [0.4, 0.5) is 8.78 Å². The molecule has 0 radical (unpaired) electrons. The van der Waals surface area contributed by atoms with Gasteiger partial charge in [-0.25, -0.2) is 4.79 Å². The van der Waals surface area contributed by atoms with Crippen molar-refractivity contribution in [2.45, 2.75) is 32.0 Å². The third-order valence-electron chi connectivity index (χ3n) is 1.75. The van der Waals surface area contributed by atoms with Crippen molar-refractivity contribution in [2.24, 2.45) is 0 Å². The molecule has 1 aliphatic heterocycles. The van der Waals surface area contributed by atoms with E-state index in [-0.39, 0.29) is 6.10 Å². The largest absolute Gasteiger partial charge is 0.455 e. The molecule has 0 aliphatic carbocycles. The van der Waals surface area contributed by atoms with Crippen LogP contribution in [0.2, 0.25) is 0 Å². The van der Waals surface area contributed by atoms with Gasteiger partial charge in [-0.3, -0.25) is 0 Å². The van der Waals surface area contributed by atoms with Gasteiger partial charge < -0.3 is 9.47 Å². The summed E-state index contributed by atoms with van der Waals surface area (Å²) in [6, 6.07) is 0. The van der Waals surface area contributed by atoms with Crippen molar-refractivity contribution in [2.75, 3.05) is 6.61 Å². The van der Waals surface area contributed by atoms with Crippen LogP contribution in [0.5, 0.6) is 0 Å². The fourth-order valence-electron chi connectivity index (χ4n) is 1.07. The van der Waals surface area contributed by atoms with Gasteiger partial charge in [0, 0.05) is 6.42 Å². The predicted molar refractivity (Wildman–Crippen MR) is 35.9 cm³/mol. The lowest BCUT2D eigenvalue weighted by molar-refractivity contribution is -0.164. The maximum atomic E-state index is 11.7. The molecule has 0 aromatic carbocycles. The van der Waals surface area contributed by atoms with Crippen molar-refractivity contribution >= 4 is 5.97 Å². The summed E-state index contributed by atoms with van der Waals surface area (Å²) in [5.74, 6) is -1.46. The lowest BCUT2D eigenvalue weighted by Gasteiger charge is -2.14. The smallest absolute Gasteiger partial charge is 0.374 e. The maximum Gasteiger partial charge on any atom is 0.374 e. The summed E-state index contributed by atoms with van der Waals surface area (Å²) >= 11 is 0. The van der Waals surface area contributed by atoms with E-state index in [1.54, 1.807) is 6.92 Å². The Morgan fingerprint density at radius 1 is 1.67 bits per heavy atom. The zero-order valence-corrected chi connectivity index (χ0v) is 6.63. The minimum atomic E-state index is -3.04. The Morgan fingerprint density at radius 2 is 2.33 bits per heavy atom. The van der Waals surface area contributed by atoms with Crippen LogP contribution in [0, 0.1) is 0 Å². The monoisotopic (exact) mass is 180 g/mol. The Labute approximate surface area is 68.6 Å². The van der Waals surface area contributed by atoms with Crippen LogP contribution in [-0.2, 0) is 14.3 Å². The fraction of sp³-hybridized carbons (Fsp3) is 0.857. The quantitative estimate of drug-likeness (QED) is 0.594. The number of carbonyl (C=O) groups is 1. The first-order valence-corrected chi connectivity index (χ1v) is 3.71. The summed E-state index contributed by atoms with van der Waals surface area (Å²) in [4.78, 5) is 10.4. The number of halogens is 2. The second kappa shape index (κ2) is 3.80. The molecule has 1 aliphatic rings. The van der Waals surface area contributed by atoms with Crippen LogP contribution in [0.3, 0.4) is 0 Å². The SMILES string of the molecule is CC1OCCC1OC(=O)C(F)F. The Kier molecular flexibility index (Phi) is 2.97. The number of rotatable bonds is 2. The summed E-state index contributed by atoms with van der Waals surface area (Å²) in [6.07, 6.45) is -3.32. The van der Waals surface area contributed by atoms with E-state index in [0.29, 0.717) is 13.0 Å². The molecule has 2 atom stereocenters. The van der Waals surface area contributed by atoms with Crippen LogP contribution in [-0.4, -0.2) is 31.2 Å². The molecule has 1 rings (SSSR count). The van der Waals surface area contributed by atoms with Crippen molar-refractivity contribution in [3.8, 4) is 0 Å². The zero-order valence-electron chi connectivity index (χ0n) is 6.63. The second-order valence-corrected chi connectivity index (χ2v) is 2.64. The van der Waals surface area contributed by atoms with Gasteiger partial charge in [-0.15, -0.1) is 0 Å². The molecule has 12 heavy (non-hydrogen) atoms. The van der Waals surface area contributed by atoms with Gasteiger partial charge in [0.2, 0.25) is 0 Å². The van der Waals surface area contributed by atoms with Crippen molar-refractivity contribution < 1.29 is 23.0 Å². The highest BCUT2D eigenvalue weighted by atomic mass is 19.3. The number of ether oxygens (including phenoxy) is 2. The van der Waals surface area contributed by atoms with Gasteiger partial charge in [-0.05, 0) is 6.92 Å². The van der Waals surface area contributed by atoms with E-state index in [1.165, 1.54) is 0 Å². The molecule has 0 bridgehead atoms. The molecule has 0 spiro atoms. The van der Waals surface area contributed by atoms with E-state index in [2.05, 4.69) is 4.74 Å². The highest BCUT2D eigenvalue weighted by Gasteiger charge is 2.30. The van der Waals surface area contributed by atoms with Crippen LogP contribution < -0.4 is 0 Å². The standard InChI is InChI=1S/C7H10F2O3/c1-4-5(2-3-11-4)12-7(10)6(8)9/h4-6H,2-3H2,1H3. The lowest BCUT2D eigenvalue weighted by Crippen LogP contribution is -2.27. The van der Waals surface area contributed by atoms with E-state index >= 15 is 0 Å². The first-order chi connectivity index (χ1) is 5.61. The molecular weight excluding hydrogens is 170 g/mol. The summed E-state index contributed by atoms with van der Waals surface area (Å²) < 4.78 is 32.9. The third kappa shape index (κ3) is 2.14. The molecule has 0 amide bonds. The Hall–Kier alpha value is -0.710. The number of hydrogen-bond donors (Lipinski definition) is 0. The van der Waals surface area contributed by atoms with Gasteiger partial charge in [-0.1, -0.05) is 0 Å². The highest BCUT2D eigenvalue weighted by molar-refractivity contribution is 5.73. The zero-order chi connectivity index (χ0) is 9.14. The first-order valence-electron chi connectivity index (χ1n) is 3.71. The topological polar surface area (TPSA) is 35.5 Å². The predicted octanol–water partition coefficient (Wildman–Crippen LogP) is 0.972. The van der Waals surface area contributed by atoms with Crippen LogP contribution >= 0.6 is 0 Å². The van der Waals surface area contributed by atoms with E-state index in [4.69, 9.17) is 4.74 Å². The Balaban J connectivity index is 2.35. The van der Waals surface area contributed by atoms with E-state index in [1.807, 2.05) is 0 Å². The molecule has 0 aromatic rings. The second-order valence-electron chi connectivity index (χ2n) is 2.64. The van der Waals surface area contributed by atoms with Crippen molar-refractivity contribution in [1.82, 2.24) is 0 Å². The van der Waals surface area contributed by atoms with E-state index < -0.39 is 18.5 Å². The number of hydrogen-bond acceptors (Lipinski definition) is 3. The number of esters is 1. The highest BCUT2D eigenvalue weighted by Crippen LogP contribution is 2.17. The van der Waals surface area contributed by atoms with Gasteiger partial charge in [0.25, 0.3) is 0 Å². The number of carbonyl (C=O) groups excluding carboxylic acids is 1.